The number of nitrogens with one attached hydrogen (secondary N) is 1. The number of fused-ring (bicyclic) bond motifs is 1. The number of halogens is 1. The van der Waals surface area contributed by atoms with E-state index in [0.29, 0.717) is 30.1 Å². The van der Waals surface area contributed by atoms with Crippen LogP contribution in [-0.2, 0) is 4.79 Å². The molecule has 0 saturated carbocycles. The van der Waals surface area contributed by atoms with Crippen molar-refractivity contribution in [1.82, 2.24) is 19.9 Å². The first-order chi connectivity index (χ1) is 8.69. The Kier molecular flexibility index (Phi) is 2.52. The van der Waals surface area contributed by atoms with Crippen LogP contribution in [0.1, 0.15) is 6.42 Å². The summed E-state index contributed by atoms with van der Waals surface area (Å²) >= 11 is 6.02. The Morgan fingerprint density at radius 2 is 2.39 bits per heavy atom. The number of aromatic amines is 1. The van der Waals surface area contributed by atoms with Gasteiger partial charge < -0.3 is 4.98 Å². The molecule has 1 amide bonds. The summed E-state index contributed by atoms with van der Waals surface area (Å²) in [7, 11) is 0. The standard InChI is InChI=1S/C11H10ClN5O/c1-2-6-3-7(18)17(4-6)11-15-9(12)8-10(16-11)14-5-13-8/h2,5-6H,1,3-4H2,(H,13,14,15,16). The number of carbonyl (C=O) groups excluding carboxylic acids is 1. The van der Waals surface area contributed by atoms with Gasteiger partial charge in [0.15, 0.2) is 10.8 Å². The number of hydrogen-bond donors (Lipinski definition) is 1. The molecule has 1 unspecified atom stereocenters. The number of hydrogen-bond acceptors (Lipinski definition) is 4. The van der Waals surface area contributed by atoms with Crippen molar-refractivity contribution >= 4 is 34.6 Å². The molecule has 1 atom stereocenters. The van der Waals surface area contributed by atoms with Crippen LogP contribution < -0.4 is 4.90 Å². The lowest BCUT2D eigenvalue weighted by Crippen LogP contribution is -2.26. The van der Waals surface area contributed by atoms with Crippen molar-refractivity contribution in [1.29, 1.82) is 0 Å². The van der Waals surface area contributed by atoms with Gasteiger partial charge in [-0.25, -0.2) is 4.98 Å². The molecule has 18 heavy (non-hydrogen) atoms. The fourth-order valence-corrected chi connectivity index (χ4v) is 2.21. The molecule has 1 saturated heterocycles. The number of H-pyrrole nitrogens is 1. The van der Waals surface area contributed by atoms with Gasteiger partial charge in [-0.15, -0.1) is 6.58 Å². The average molecular weight is 264 g/mol. The van der Waals surface area contributed by atoms with Crippen LogP contribution >= 0.6 is 11.6 Å². The second-order valence-electron chi connectivity index (χ2n) is 4.12. The van der Waals surface area contributed by atoms with Gasteiger partial charge >= 0.3 is 0 Å². The third-order valence-electron chi connectivity index (χ3n) is 2.96. The van der Waals surface area contributed by atoms with Crippen LogP contribution in [0, 0.1) is 5.92 Å². The molecule has 0 spiro atoms. The lowest BCUT2D eigenvalue weighted by atomic mass is 10.1. The summed E-state index contributed by atoms with van der Waals surface area (Å²) < 4.78 is 0. The molecule has 1 aliphatic heterocycles. The molecule has 0 radical (unpaired) electrons. The van der Waals surface area contributed by atoms with E-state index in [0.717, 1.165) is 0 Å². The summed E-state index contributed by atoms with van der Waals surface area (Å²) in [5, 5.41) is 0.266. The maximum Gasteiger partial charge on any atom is 0.235 e. The molecule has 7 heteroatoms. The Hall–Kier alpha value is -1.95. The van der Waals surface area contributed by atoms with E-state index in [9.17, 15) is 4.79 Å². The molecule has 6 nitrogen and oxygen atoms in total. The van der Waals surface area contributed by atoms with Gasteiger partial charge in [0.25, 0.3) is 0 Å². The average Bonchev–Trinajstić information content (AvgIpc) is 2.95. The number of amides is 1. The predicted octanol–water partition coefficient (Wildman–Crippen LogP) is 1.55. The summed E-state index contributed by atoms with van der Waals surface area (Å²) in [5.41, 5.74) is 1.03. The SMILES string of the molecule is C=CC1CC(=O)N(c2nc(Cl)c3[nH]cnc3n2)C1. The summed E-state index contributed by atoms with van der Waals surface area (Å²) in [6.07, 6.45) is 3.70. The molecule has 1 N–H and O–H groups in total. The van der Waals surface area contributed by atoms with E-state index in [4.69, 9.17) is 11.6 Å². The van der Waals surface area contributed by atoms with Crippen molar-refractivity contribution < 1.29 is 4.79 Å². The highest BCUT2D eigenvalue weighted by Gasteiger charge is 2.31. The van der Waals surface area contributed by atoms with Crippen LogP contribution in [0.15, 0.2) is 19.0 Å². The highest BCUT2D eigenvalue weighted by molar-refractivity contribution is 6.33. The Balaban J connectivity index is 2.04. The minimum atomic E-state index is -0.0224. The van der Waals surface area contributed by atoms with Gasteiger partial charge in [0.05, 0.1) is 6.33 Å². The Morgan fingerprint density at radius 1 is 1.56 bits per heavy atom. The second-order valence-corrected chi connectivity index (χ2v) is 4.48. The first kappa shape index (κ1) is 11.2. The summed E-state index contributed by atoms with van der Waals surface area (Å²) in [5.74, 6) is 0.412. The van der Waals surface area contributed by atoms with Gasteiger partial charge in [-0.3, -0.25) is 9.69 Å². The lowest BCUT2D eigenvalue weighted by molar-refractivity contribution is -0.117. The van der Waals surface area contributed by atoms with Crippen LogP contribution in [0.3, 0.4) is 0 Å². The van der Waals surface area contributed by atoms with E-state index in [1.807, 2.05) is 0 Å². The number of carbonyl (C=O) groups is 1. The van der Waals surface area contributed by atoms with E-state index >= 15 is 0 Å². The number of rotatable bonds is 2. The predicted molar refractivity (Wildman–Crippen MR) is 67.4 cm³/mol. The highest BCUT2D eigenvalue weighted by Crippen LogP contribution is 2.26. The highest BCUT2D eigenvalue weighted by atomic mass is 35.5. The number of anilines is 1. The third kappa shape index (κ3) is 1.65. The Morgan fingerprint density at radius 3 is 3.11 bits per heavy atom. The van der Waals surface area contributed by atoms with Crippen LogP contribution in [0.5, 0.6) is 0 Å². The fourth-order valence-electron chi connectivity index (χ4n) is 1.99. The van der Waals surface area contributed by atoms with Gasteiger partial charge in [-0.2, -0.15) is 9.97 Å². The molecule has 0 aromatic carbocycles. The van der Waals surface area contributed by atoms with E-state index < -0.39 is 0 Å². The zero-order valence-electron chi connectivity index (χ0n) is 9.43. The van der Waals surface area contributed by atoms with Crippen molar-refractivity contribution in [2.75, 3.05) is 11.4 Å². The quantitative estimate of drug-likeness (QED) is 0.659. The molecular formula is C11H10ClN5O. The smallest absolute Gasteiger partial charge is 0.235 e. The zero-order chi connectivity index (χ0) is 12.7. The van der Waals surface area contributed by atoms with Crippen molar-refractivity contribution in [2.24, 2.45) is 5.92 Å². The third-order valence-corrected chi connectivity index (χ3v) is 3.23. The molecule has 1 aliphatic rings. The number of imidazole rings is 1. The van der Waals surface area contributed by atoms with Crippen LogP contribution in [0.2, 0.25) is 5.15 Å². The molecule has 3 rings (SSSR count). The minimum Gasteiger partial charge on any atom is -0.341 e. The number of aromatic nitrogens is 4. The summed E-state index contributed by atoms with van der Waals surface area (Å²) in [6.45, 7) is 4.24. The molecule has 0 bridgehead atoms. The van der Waals surface area contributed by atoms with Gasteiger partial charge in [-0.1, -0.05) is 17.7 Å². The first-order valence-electron chi connectivity index (χ1n) is 5.48. The maximum atomic E-state index is 11.9. The van der Waals surface area contributed by atoms with E-state index in [2.05, 4.69) is 26.5 Å². The maximum absolute atomic E-state index is 11.9. The van der Waals surface area contributed by atoms with E-state index in [-0.39, 0.29) is 17.0 Å². The topological polar surface area (TPSA) is 74.8 Å². The minimum absolute atomic E-state index is 0.0224. The molecule has 1 fully saturated rings. The zero-order valence-corrected chi connectivity index (χ0v) is 10.2. The second kappa shape index (κ2) is 4.06. The number of nitrogens with zero attached hydrogens (tertiary/aromatic N) is 4. The van der Waals surface area contributed by atoms with E-state index in [1.165, 1.54) is 11.2 Å². The molecular weight excluding hydrogens is 254 g/mol. The molecule has 2 aromatic heterocycles. The van der Waals surface area contributed by atoms with Crippen LogP contribution in [-0.4, -0.2) is 32.4 Å². The van der Waals surface area contributed by atoms with Crippen molar-refractivity contribution in [2.45, 2.75) is 6.42 Å². The molecule has 92 valence electrons. The monoisotopic (exact) mass is 263 g/mol. The van der Waals surface area contributed by atoms with Crippen molar-refractivity contribution in [3.63, 3.8) is 0 Å². The van der Waals surface area contributed by atoms with Crippen LogP contribution in [0.4, 0.5) is 5.95 Å². The van der Waals surface area contributed by atoms with E-state index in [1.54, 1.807) is 6.08 Å². The molecule has 3 heterocycles. The van der Waals surface area contributed by atoms with Gasteiger partial charge in [-0.05, 0) is 0 Å². The summed E-state index contributed by atoms with van der Waals surface area (Å²) in [4.78, 5) is 28.6. The largest absolute Gasteiger partial charge is 0.341 e. The summed E-state index contributed by atoms with van der Waals surface area (Å²) in [6, 6.07) is 0. The van der Waals surface area contributed by atoms with Gasteiger partial charge in [0.1, 0.15) is 5.52 Å². The van der Waals surface area contributed by atoms with Crippen molar-refractivity contribution in [3.05, 3.63) is 24.1 Å². The Labute approximate surface area is 108 Å². The van der Waals surface area contributed by atoms with Gasteiger partial charge in [0.2, 0.25) is 11.9 Å². The molecule has 2 aromatic rings. The van der Waals surface area contributed by atoms with Gasteiger partial charge in [0, 0.05) is 18.9 Å². The van der Waals surface area contributed by atoms with Crippen LogP contribution in [0.25, 0.3) is 11.2 Å². The lowest BCUT2D eigenvalue weighted by Gasteiger charge is -2.13. The van der Waals surface area contributed by atoms with Crippen molar-refractivity contribution in [3.8, 4) is 0 Å². The first-order valence-corrected chi connectivity index (χ1v) is 5.86. The Bertz CT molecular complexity index is 637. The molecule has 0 aliphatic carbocycles. The normalized spacial score (nSPS) is 19.7. The fraction of sp³-hybridized carbons (Fsp3) is 0.273.